The Morgan fingerprint density at radius 2 is 1.83 bits per heavy atom. The number of hydrogen-bond donors (Lipinski definition) is 1. The van der Waals surface area contributed by atoms with Gasteiger partial charge in [0.2, 0.25) is 5.91 Å². The third-order valence-corrected chi connectivity index (χ3v) is 6.45. The van der Waals surface area contributed by atoms with Crippen molar-refractivity contribution in [3.8, 4) is 0 Å². The number of hydrogen-bond acceptors (Lipinski definition) is 6. The van der Waals surface area contributed by atoms with Crippen molar-refractivity contribution in [3.05, 3.63) is 81.8 Å². The normalized spacial score (nSPS) is 11.7. The van der Waals surface area contributed by atoms with Crippen molar-refractivity contribution in [3.63, 3.8) is 0 Å². The first-order chi connectivity index (χ1) is 14.5. The van der Waals surface area contributed by atoms with E-state index in [1.807, 2.05) is 54.6 Å². The Labute approximate surface area is 188 Å². The van der Waals surface area contributed by atoms with Gasteiger partial charge in [0.05, 0.1) is 29.7 Å². The molecule has 0 saturated carbocycles. The van der Waals surface area contributed by atoms with Crippen molar-refractivity contribution in [1.82, 2.24) is 4.98 Å². The zero-order valence-electron chi connectivity index (χ0n) is 16.3. The van der Waals surface area contributed by atoms with Gasteiger partial charge >= 0.3 is 5.97 Å². The van der Waals surface area contributed by atoms with Gasteiger partial charge in [0.15, 0.2) is 5.13 Å². The third-order valence-electron chi connectivity index (χ3n) is 4.09. The summed E-state index contributed by atoms with van der Waals surface area (Å²) in [6.45, 7) is 2.09. The zero-order chi connectivity index (χ0) is 21.3. The summed E-state index contributed by atoms with van der Waals surface area (Å²) in [6.07, 6.45) is 0.0988. The molecule has 1 unspecified atom stereocenters. The number of carbonyl (C=O) groups is 2. The summed E-state index contributed by atoms with van der Waals surface area (Å²) >= 11 is 8.85. The van der Waals surface area contributed by atoms with Crippen LogP contribution in [0.1, 0.15) is 29.0 Å². The summed E-state index contributed by atoms with van der Waals surface area (Å²) in [4.78, 5) is 28.3. The second kappa shape index (κ2) is 11.2. The van der Waals surface area contributed by atoms with E-state index in [4.69, 9.17) is 16.3 Å². The smallest absolute Gasteiger partial charge is 0.311 e. The van der Waals surface area contributed by atoms with E-state index in [1.165, 1.54) is 23.1 Å². The molecule has 0 spiro atoms. The molecule has 8 heteroatoms. The second-order valence-corrected chi connectivity index (χ2v) is 8.72. The highest BCUT2D eigenvalue weighted by Crippen LogP contribution is 2.36. The van der Waals surface area contributed by atoms with Gasteiger partial charge in [-0.3, -0.25) is 9.59 Å². The van der Waals surface area contributed by atoms with Gasteiger partial charge in [-0.1, -0.05) is 54.1 Å². The van der Waals surface area contributed by atoms with Gasteiger partial charge in [0.1, 0.15) is 0 Å². The van der Waals surface area contributed by atoms with E-state index in [1.54, 1.807) is 12.3 Å². The maximum Gasteiger partial charge on any atom is 0.311 e. The van der Waals surface area contributed by atoms with E-state index in [9.17, 15) is 9.59 Å². The average Bonchev–Trinajstić information content (AvgIpc) is 3.17. The van der Waals surface area contributed by atoms with Gasteiger partial charge in [0, 0.05) is 10.4 Å². The topological polar surface area (TPSA) is 68.3 Å². The largest absolute Gasteiger partial charge is 0.466 e. The number of thioether (sulfide) groups is 1. The zero-order valence-corrected chi connectivity index (χ0v) is 18.7. The van der Waals surface area contributed by atoms with Gasteiger partial charge in [-0.15, -0.1) is 23.1 Å². The molecule has 5 nitrogen and oxygen atoms in total. The first-order valence-electron chi connectivity index (χ1n) is 9.37. The average molecular weight is 461 g/mol. The Bertz CT molecular complexity index is 978. The van der Waals surface area contributed by atoms with Crippen molar-refractivity contribution >= 4 is 51.7 Å². The molecule has 3 aromatic rings. The first kappa shape index (κ1) is 22.3. The number of anilines is 1. The highest BCUT2D eigenvalue weighted by molar-refractivity contribution is 8.00. The monoisotopic (exact) mass is 460 g/mol. The van der Waals surface area contributed by atoms with Crippen molar-refractivity contribution in [2.75, 3.05) is 17.7 Å². The molecular formula is C22H21ClN2O3S2. The Morgan fingerprint density at radius 1 is 1.13 bits per heavy atom. The number of thiazole rings is 1. The minimum Gasteiger partial charge on any atom is -0.466 e. The maximum atomic E-state index is 12.5. The molecule has 0 saturated heterocycles. The van der Waals surface area contributed by atoms with Crippen LogP contribution < -0.4 is 5.32 Å². The SMILES string of the molecule is CCOC(=O)Cc1csc(NC(=O)CSC(c2ccccc2)c2ccc(Cl)cc2)n1. The van der Waals surface area contributed by atoms with Crippen LogP contribution in [0, 0.1) is 0 Å². The van der Waals surface area contributed by atoms with E-state index in [0.717, 1.165) is 11.1 Å². The Hall–Kier alpha value is -2.35. The number of amides is 1. The molecule has 156 valence electrons. The molecular weight excluding hydrogens is 440 g/mol. The van der Waals surface area contributed by atoms with E-state index in [0.29, 0.717) is 22.5 Å². The number of halogens is 1. The Kier molecular flexibility index (Phi) is 8.30. The molecule has 3 rings (SSSR count). The predicted octanol–water partition coefficient (Wildman–Crippen LogP) is 5.36. The molecule has 2 aromatic carbocycles. The number of ether oxygens (including phenoxy) is 1. The van der Waals surface area contributed by atoms with Crippen LogP contribution in [0.5, 0.6) is 0 Å². The third kappa shape index (κ3) is 6.58. The van der Waals surface area contributed by atoms with Crippen molar-refractivity contribution < 1.29 is 14.3 Å². The second-order valence-electron chi connectivity index (χ2n) is 6.33. The summed E-state index contributed by atoms with van der Waals surface area (Å²) in [7, 11) is 0. The number of benzene rings is 2. The summed E-state index contributed by atoms with van der Waals surface area (Å²) in [5, 5.41) is 5.72. The number of nitrogens with zero attached hydrogens (tertiary/aromatic N) is 1. The van der Waals surface area contributed by atoms with Crippen molar-refractivity contribution in [1.29, 1.82) is 0 Å². The van der Waals surface area contributed by atoms with Gasteiger partial charge in [-0.2, -0.15) is 0 Å². The molecule has 0 aliphatic heterocycles. The fourth-order valence-electron chi connectivity index (χ4n) is 2.77. The van der Waals surface area contributed by atoms with Crippen LogP contribution in [0.4, 0.5) is 5.13 Å². The first-order valence-corrected chi connectivity index (χ1v) is 11.7. The number of esters is 1. The molecule has 1 amide bonds. The predicted molar refractivity (Wildman–Crippen MR) is 123 cm³/mol. The summed E-state index contributed by atoms with van der Waals surface area (Å²) in [6, 6.07) is 17.7. The highest BCUT2D eigenvalue weighted by atomic mass is 35.5. The summed E-state index contributed by atoms with van der Waals surface area (Å²) in [5.74, 6) is -0.216. The molecule has 0 aliphatic rings. The minimum absolute atomic E-state index is 0.00452. The quantitative estimate of drug-likeness (QED) is 0.435. The number of rotatable bonds is 9. The van der Waals surface area contributed by atoms with E-state index < -0.39 is 0 Å². The van der Waals surface area contributed by atoms with Gasteiger partial charge in [-0.25, -0.2) is 4.98 Å². The molecule has 0 radical (unpaired) electrons. The minimum atomic E-state index is -0.329. The van der Waals surface area contributed by atoms with Gasteiger partial charge in [0.25, 0.3) is 0 Å². The lowest BCUT2D eigenvalue weighted by atomic mass is 10.0. The Morgan fingerprint density at radius 3 is 2.53 bits per heavy atom. The highest BCUT2D eigenvalue weighted by Gasteiger charge is 2.17. The fraction of sp³-hybridized carbons (Fsp3) is 0.227. The lowest BCUT2D eigenvalue weighted by Gasteiger charge is -2.17. The van der Waals surface area contributed by atoms with Crippen molar-refractivity contribution in [2.45, 2.75) is 18.6 Å². The molecule has 30 heavy (non-hydrogen) atoms. The molecule has 0 bridgehead atoms. The van der Waals surface area contributed by atoms with E-state index >= 15 is 0 Å². The number of aromatic nitrogens is 1. The molecule has 1 heterocycles. The number of nitrogens with one attached hydrogen (secondary N) is 1. The van der Waals surface area contributed by atoms with E-state index in [-0.39, 0.29) is 29.3 Å². The van der Waals surface area contributed by atoms with E-state index in [2.05, 4.69) is 10.3 Å². The van der Waals surface area contributed by atoms with Crippen molar-refractivity contribution in [2.24, 2.45) is 0 Å². The van der Waals surface area contributed by atoms with Crippen LogP contribution >= 0.6 is 34.7 Å². The van der Waals surface area contributed by atoms with Gasteiger partial charge in [-0.05, 0) is 30.2 Å². The molecule has 1 aromatic heterocycles. The lowest BCUT2D eigenvalue weighted by molar-refractivity contribution is -0.142. The molecule has 1 N–H and O–H groups in total. The number of carbonyl (C=O) groups excluding carboxylic acids is 2. The fourth-order valence-corrected chi connectivity index (χ4v) is 4.71. The van der Waals surface area contributed by atoms with Crippen LogP contribution in [0.15, 0.2) is 60.0 Å². The Balaban J connectivity index is 1.61. The summed E-state index contributed by atoms with van der Waals surface area (Å²) < 4.78 is 4.92. The van der Waals surface area contributed by atoms with Crippen LogP contribution in [0.2, 0.25) is 5.02 Å². The van der Waals surface area contributed by atoms with Gasteiger partial charge < -0.3 is 10.1 Å². The molecule has 0 aliphatic carbocycles. The van der Waals surface area contributed by atoms with Crippen LogP contribution in [0.3, 0.4) is 0 Å². The van der Waals surface area contributed by atoms with Crippen LogP contribution in [-0.4, -0.2) is 29.2 Å². The molecule has 1 atom stereocenters. The maximum absolute atomic E-state index is 12.5. The van der Waals surface area contributed by atoms with Crippen LogP contribution in [0.25, 0.3) is 0 Å². The molecule has 0 fully saturated rings. The van der Waals surface area contributed by atoms with Crippen LogP contribution in [-0.2, 0) is 20.7 Å². The lowest BCUT2D eigenvalue weighted by Crippen LogP contribution is -2.15. The standard InChI is InChI=1S/C22H21ClN2O3S2/c1-2-28-20(27)12-18-13-30-22(24-18)25-19(26)14-29-21(15-6-4-3-5-7-15)16-8-10-17(23)11-9-16/h3-11,13,21H,2,12,14H2,1H3,(H,24,25,26). The summed E-state index contributed by atoms with van der Waals surface area (Å²) in [5.41, 5.74) is 2.78.